The van der Waals surface area contributed by atoms with E-state index < -0.39 is 0 Å². The highest BCUT2D eigenvalue weighted by Gasteiger charge is 2.27. The van der Waals surface area contributed by atoms with Gasteiger partial charge in [0.25, 0.3) is 0 Å². The van der Waals surface area contributed by atoms with Crippen LogP contribution in [0, 0.1) is 5.92 Å². The first-order valence-electron chi connectivity index (χ1n) is 8.58. The van der Waals surface area contributed by atoms with Gasteiger partial charge in [0.05, 0.1) is 0 Å². The van der Waals surface area contributed by atoms with Crippen LogP contribution >= 0.6 is 0 Å². The number of hydrogen-bond donors (Lipinski definition) is 0. The van der Waals surface area contributed by atoms with Gasteiger partial charge in [0, 0.05) is 11.5 Å². The lowest BCUT2D eigenvalue weighted by atomic mass is 9.79. The number of benzene rings is 3. The van der Waals surface area contributed by atoms with Gasteiger partial charge in [-0.3, -0.25) is 4.79 Å². The molecule has 4 rings (SSSR count). The van der Waals surface area contributed by atoms with Crippen molar-refractivity contribution in [1.82, 2.24) is 0 Å². The van der Waals surface area contributed by atoms with Crippen LogP contribution in [0.25, 0.3) is 11.1 Å². The molecule has 0 fully saturated rings. The van der Waals surface area contributed by atoms with Crippen molar-refractivity contribution >= 4 is 5.78 Å². The van der Waals surface area contributed by atoms with Crippen LogP contribution in [0.15, 0.2) is 78.9 Å². The third-order valence-electron chi connectivity index (χ3n) is 4.94. The summed E-state index contributed by atoms with van der Waals surface area (Å²) >= 11 is 0. The smallest absolute Gasteiger partial charge is 0.166 e. The SMILES string of the molecule is O=C1c2ccc(-c3ccccc3)cc2CCC1Cc1ccccc1. The van der Waals surface area contributed by atoms with Crippen LogP contribution in [0.5, 0.6) is 0 Å². The molecule has 0 radical (unpaired) electrons. The van der Waals surface area contributed by atoms with Gasteiger partial charge in [-0.05, 0) is 41.5 Å². The summed E-state index contributed by atoms with van der Waals surface area (Å²) in [6.07, 6.45) is 2.78. The molecule has 118 valence electrons. The van der Waals surface area contributed by atoms with Gasteiger partial charge < -0.3 is 0 Å². The van der Waals surface area contributed by atoms with Crippen molar-refractivity contribution in [2.45, 2.75) is 19.3 Å². The van der Waals surface area contributed by atoms with Crippen molar-refractivity contribution in [1.29, 1.82) is 0 Å². The van der Waals surface area contributed by atoms with E-state index in [0.29, 0.717) is 5.78 Å². The molecule has 0 saturated carbocycles. The number of rotatable bonds is 3. The van der Waals surface area contributed by atoms with Crippen molar-refractivity contribution < 1.29 is 4.79 Å². The van der Waals surface area contributed by atoms with E-state index in [4.69, 9.17) is 0 Å². The maximum absolute atomic E-state index is 12.9. The summed E-state index contributed by atoms with van der Waals surface area (Å²) in [4.78, 5) is 12.9. The minimum absolute atomic E-state index is 0.113. The van der Waals surface area contributed by atoms with Crippen molar-refractivity contribution in [2.24, 2.45) is 5.92 Å². The molecule has 1 heteroatoms. The Morgan fingerprint density at radius 3 is 2.25 bits per heavy atom. The fourth-order valence-electron chi connectivity index (χ4n) is 3.63. The molecule has 0 bridgehead atoms. The quantitative estimate of drug-likeness (QED) is 0.638. The standard InChI is InChI=1S/C23H20O/c24-23-21(15-17-7-3-1-4-8-17)12-11-20-16-19(13-14-22(20)23)18-9-5-2-6-10-18/h1-10,13-14,16,21H,11-12,15H2. The lowest BCUT2D eigenvalue weighted by molar-refractivity contribution is 0.0901. The minimum Gasteiger partial charge on any atom is -0.294 e. The van der Waals surface area contributed by atoms with E-state index in [-0.39, 0.29) is 5.92 Å². The summed E-state index contributed by atoms with van der Waals surface area (Å²) in [7, 11) is 0. The zero-order chi connectivity index (χ0) is 16.4. The van der Waals surface area contributed by atoms with Crippen molar-refractivity contribution in [2.75, 3.05) is 0 Å². The normalized spacial score (nSPS) is 16.7. The summed E-state index contributed by atoms with van der Waals surface area (Å²) in [5.41, 5.74) is 5.77. The van der Waals surface area contributed by atoms with Crippen LogP contribution in [-0.4, -0.2) is 5.78 Å². The van der Waals surface area contributed by atoms with E-state index in [1.54, 1.807) is 0 Å². The summed E-state index contributed by atoms with van der Waals surface area (Å²) in [6.45, 7) is 0. The Hall–Kier alpha value is -2.67. The molecule has 1 atom stereocenters. The van der Waals surface area contributed by atoms with Gasteiger partial charge in [0.1, 0.15) is 0 Å². The zero-order valence-corrected chi connectivity index (χ0v) is 13.6. The third kappa shape index (κ3) is 2.90. The Labute approximate surface area is 143 Å². The van der Waals surface area contributed by atoms with E-state index in [1.807, 2.05) is 30.3 Å². The lowest BCUT2D eigenvalue weighted by Crippen LogP contribution is -2.24. The largest absolute Gasteiger partial charge is 0.294 e. The number of fused-ring (bicyclic) bond motifs is 1. The second-order valence-electron chi connectivity index (χ2n) is 6.53. The molecule has 3 aromatic rings. The highest BCUT2D eigenvalue weighted by molar-refractivity contribution is 6.00. The fraction of sp³-hybridized carbons (Fsp3) is 0.174. The Bertz CT molecular complexity index is 850. The summed E-state index contributed by atoms with van der Waals surface area (Å²) in [5, 5.41) is 0. The van der Waals surface area contributed by atoms with Crippen molar-refractivity contribution in [3.63, 3.8) is 0 Å². The predicted octanol–water partition coefficient (Wildman–Crippen LogP) is 5.34. The molecule has 1 aliphatic rings. The molecular weight excluding hydrogens is 292 g/mol. The van der Waals surface area contributed by atoms with Crippen LogP contribution in [0.1, 0.15) is 27.9 Å². The summed E-state index contributed by atoms with van der Waals surface area (Å²) in [5.74, 6) is 0.419. The number of Topliss-reactive ketones (excluding diaryl/α,β-unsaturated/α-hetero) is 1. The molecule has 24 heavy (non-hydrogen) atoms. The average Bonchev–Trinajstić information content (AvgIpc) is 2.65. The maximum Gasteiger partial charge on any atom is 0.166 e. The first-order chi connectivity index (χ1) is 11.8. The van der Waals surface area contributed by atoms with Gasteiger partial charge in [-0.25, -0.2) is 0 Å². The highest BCUT2D eigenvalue weighted by Crippen LogP contribution is 2.31. The molecular formula is C23H20O. The Balaban J connectivity index is 1.60. The Kier molecular flexibility index (Phi) is 4.00. The van der Waals surface area contributed by atoms with Gasteiger partial charge in [-0.1, -0.05) is 78.9 Å². The highest BCUT2D eigenvalue weighted by atomic mass is 16.1. The minimum atomic E-state index is 0.113. The van der Waals surface area contributed by atoms with Crippen LogP contribution in [0.2, 0.25) is 0 Å². The first-order valence-corrected chi connectivity index (χ1v) is 8.58. The predicted molar refractivity (Wildman–Crippen MR) is 98.2 cm³/mol. The molecule has 0 aliphatic heterocycles. The first kappa shape index (κ1) is 14.9. The summed E-state index contributed by atoms with van der Waals surface area (Å²) in [6, 6.07) is 27.0. The Morgan fingerprint density at radius 1 is 0.792 bits per heavy atom. The van der Waals surface area contributed by atoms with E-state index in [9.17, 15) is 4.79 Å². The van der Waals surface area contributed by atoms with Gasteiger partial charge in [-0.2, -0.15) is 0 Å². The van der Waals surface area contributed by atoms with Gasteiger partial charge >= 0.3 is 0 Å². The van der Waals surface area contributed by atoms with E-state index in [1.165, 1.54) is 22.3 Å². The molecule has 1 nitrogen and oxygen atoms in total. The topological polar surface area (TPSA) is 17.1 Å². The second-order valence-corrected chi connectivity index (χ2v) is 6.53. The zero-order valence-electron chi connectivity index (χ0n) is 13.6. The van der Waals surface area contributed by atoms with Gasteiger partial charge in [-0.15, -0.1) is 0 Å². The fourth-order valence-corrected chi connectivity index (χ4v) is 3.63. The third-order valence-corrected chi connectivity index (χ3v) is 4.94. The lowest BCUT2D eigenvalue weighted by Gasteiger charge is -2.24. The van der Waals surface area contributed by atoms with Gasteiger partial charge in [0.2, 0.25) is 0 Å². The number of hydrogen-bond acceptors (Lipinski definition) is 1. The monoisotopic (exact) mass is 312 g/mol. The molecule has 0 N–H and O–H groups in total. The van der Waals surface area contributed by atoms with E-state index in [2.05, 4.69) is 48.5 Å². The van der Waals surface area contributed by atoms with E-state index in [0.717, 1.165) is 24.8 Å². The molecule has 0 saturated heterocycles. The molecule has 1 aliphatic carbocycles. The molecule has 0 aromatic heterocycles. The molecule has 1 unspecified atom stereocenters. The number of aryl methyl sites for hydroxylation is 1. The number of carbonyl (C=O) groups excluding carboxylic acids is 1. The number of carbonyl (C=O) groups is 1. The van der Waals surface area contributed by atoms with Crippen LogP contribution in [-0.2, 0) is 12.8 Å². The van der Waals surface area contributed by atoms with Crippen LogP contribution in [0.4, 0.5) is 0 Å². The summed E-state index contributed by atoms with van der Waals surface area (Å²) < 4.78 is 0. The molecule has 0 heterocycles. The van der Waals surface area contributed by atoms with Crippen LogP contribution in [0.3, 0.4) is 0 Å². The number of ketones is 1. The Morgan fingerprint density at radius 2 is 1.50 bits per heavy atom. The molecule has 3 aromatic carbocycles. The van der Waals surface area contributed by atoms with Crippen molar-refractivity contribution in [3.05, 3.63) is 95.6 Å². The van der Waals surface area contributed by atoms with Crippen molar-refractivity contribution in [3.8, 4) is 11.1 Å². The second kappa shape index (κ2) is 6.45. The molecule has 0 amide bonds. The maximum atomic E-state index is 12.9. The van der Waals surface area contributed by atoms with Crippen LogP contribution < -0.4 is 0 Å². The molecule has 0 spiro atoms. The van der Waals surface area contributed by atoms with Gasteiger partial charge in [0.15, 0.2) is 5.78 Å². The van der Waals surface area contributed by atoms with E-state index >= 15 is 0 Å². The average molecular weight is 312 g/mol.